The summed E-state index contributed by atoms with van der Waals surface area (Å²) in [5.41, 5.74) is 1.88. The fraction of sp³-hybridized carbons (Fsp3) is 0.400. The maximum Gasteiger partial charge on any atom is 0.226 e. The molecule has 1 amide bonds. The number of nitrogens with zero attached hydrogens (tertiary/aromatic N) is 2. The highest BCUT2D eigenvalue weighted by atomic mass is 32.1. The second-order valence-corrected chi connectivity index (χ2v) is 5.72. The van der Waals surface area contributed by atoms with Crippen LogP contribution in [0.2, 0.25) is 0 Å². The zero-order chi connectivity index (χ0) is 15.8. The molecule has 0 radical (unpaired) electrons. The lowest BCUT2D eigenvalue weighted by Gasteiger charge is -2.03. The van der Waals surface area contributed by atoms with Gasteiger partial charge in [0.2, 0.25) is 5.91 Å². The second-order valence-electron chi connectivity index (χ2n) is 4.86. The van der Waals surface area contributed by atoms with Crippen LogP contribution in [0.25, 0.3) is 0 Å². The Balaban J connectivity index is 1.82. The minimum Gasteiger partial charge on any atom is -0.385 e. The molecule has 2 rings (SSSR count). The van der Waals surface area contributed by atoms with Crippen molar-refractivity contribution >= 4 is 28.2 Å². The third kappa shape index (κ3) is 5.42. The smallest absolute Gasteiger partial charge is 0.226 e. The highest BCUT2D eigenvalue weighted by molar-refractivity contribution is 7.13. The largest absolute Gasteiger partial charge is 0.385 e. The zero-order valence-electron chi connectivity index (χ0n) is 12.8. The van der Waals surface area contributed by atoms with Gasteiger partial charge in [0, 0.05) is 31.8 Å². The summed E-state index contributed by atoms with van der Waals surface area (Å²) in [5.74, 6) is 0.728. The lowest BCUT2D eigenvalue weighted by Crippen LogP contribution is -2.26. The first-order valence-corrected chi connectivity index (χ1v) is 7.95. The molecule has 0 bridgehead atoms. The molecule has 2 aromatic rings. The standard InChI is InChI=1S/C15H20N4O2S/c1-11-4-6-16-13(8-11)19-15-18-12(10-22-15)9-14(20)17-5-3-7-21-2/h4,6,8,10H,3,5,7,9H2,1-2H3,(H,17,20)(H,16,18,19). The van der Waals surface area contributed by atoms with Gasteiger partial charge in [-0.2, -0.15) is 0 Å². The van der Waals surface area contributed by atoms with Crippen LogP contribution in [0.1, 0.15) is 17.7 Å². The van der Waals surface area contributed by atoms with E-state index in [0.717, 1.165) is 28.6 Å². The van der Waals surface area contributed by atoms with Gasteiger partial charge in [0.1, 0.15) is 5.82 Å². The molecule has 0 spiro atoms. The monoisotopic (exact) mass is 320 g/mol. The number of amides is 1. The molecule has 7 heteroatoms. The summed E-state index contributed by atoms with van der Waals surface area (Å²) in [7, 11) is 1.65. The van der Waals surface area contributed by atoms with Gasteiger partial charge in [0.05, 0.1) is 12.1 Å². The van der Waals surface area contributed by atoms with Crippen LogP contribution in [0, 0.1) is 6.92 Å². The second kappa shape index (κ2) is 8.45. The lowest BCUT2D eigenvalue weighted by molar-refractivity contribution is -0.120. The van der Waals surface area contributed by atoms with E-state index in [1.807, 2.05) is 24.4 Å². The van der Waals surface area contributed by atoms with Crippen LogP contribution in [0.15, 0.2) is 23.7 Å². The number of carbonyl (C=O) groups excluding carboxylic acids is 1. The Morgan fingerprint density at radius 1 is 1.45 bits per heavy atom. The molecule has 0 aliphatic heterocycles. The SMILES string of the molecule is COCCCNC(=O)Cc1csc(Nc2cc(C)ccn2)n1. The maximum atomic E-state index is 11.8. The van der Waals surface area contributed by atoms with Gasteiger partial charge in [-0.3, -0.25) is 4.79 Å². The topological polar surface area (TPSA) is 76.1 Å². The summed E-state index contributed by atoms with van der Waals surface area (Å²) in [6.45, 7) is 3.28. The van der Waals surface area contributed by atoms with Gasteiger partial charge in [-0.1, -0.05) is 0 Å². The average molecular weight is 320 g/mol. The van der Waals surface area contributed by atoms with Crippen LogP contribution in [0.3, 0.4) is 0 Å². The fourth-order valence-electron chi connectivity index (χ4n) is 1.83. The Morgan fingerprint density at radius 2 is 2.32 bits per heavy atom. The number of methoxy groups -OCH3 is 1. The van der Waals surface area contributed by atoms with Crippen LogP contribution >= 0.6 is 11.3 Å². The summed E-state index contributed by atoms with van der Waals surface area (Å²) >= 11 is 1.46. The molecule has 0 fully saturated rings. The summed E-state index contributed by atoms with van der Waals surface area (Å²) in [5, 5.41) is 8.61. The van der Waals surface area contributed by atoms with Crippen molar-refractivity contribution in [3.63, 3.8) is 0 Å². The summed E-state index contributed by atoms with van der Waals surface area (Å²) in [6.07, 6.45) is 2.84. The molecule has 118 valence electrons. The number of ether oxygens (including phenoxy) is 1. The summed E-state index contributed by atoms with van der Waals surface area (Å²) < 4.78 is 4.93. The van der Waals surface area contributed by atoms with Gasteiger partial charge in [-0.25, -0.2) is 9.97 Å². The molecule has 0 aromatic carbocycles. The van der Waals surface area contributed by atoms with Crippen molar-refractivity contribution in [2.45, 2.75) is 19.8 Å². The van der Waals surface area contributed by atoms with Crippen molar-refractivity contribution in [3.05, 3.63) is 35.0 Å². The van der Waals surface area contributed by atoms with Gasteiger partial charge in [0.15, 0.2) is 5.13 Å². The van der Waals surface area contributed by atoms with Gasteiger partial charge in [-0.05, 0) is 31.0 Å². The van der Waals surface area contributed by atoms with Gasteiger partial charge in [-0.15, -0.1) is 11.3 Å². The Morgan fingerprint density at radius 3 is 3.09 bits per heavy atom. The summed E-state index contributed by atoms with van der Waals surface area (Å²) in [6, 6.07) is 3.88. The van der Waals surface area contributed by atoms with E-state index in [9.17, 15) is 4.79 Å². The highest BCUT2D eigenvalue weighted by Crippen LogP contribution is 2.20. The third-order valence-electron chi connectivity index (χ3n) is 2.89. The molecule has 0 unspecified atom stereocenters. The predicted octanol–water partition coefficient (Wildman–Crippen LogP) is 2.29. The average Bonchev–Trinajstić information content (AvgIpc) is 2.91. The number of rotatable bonds is 8. The van der Waals surface area contributed by atoms with E-state index < -0.39 is 0 Å². The number of pyridine rings is 1. The number of nitrogens with one attached hydrogen (secondary N) is 2. The van der Waals surface area contributed by atoms with E-state index in [1.165, 1.54) is 11.3 Å². The molecule has 0 saturated heterocycles. The Bertz CT molecular complexity index is 615. The van der Waals surface area contributed by atoms with E-state index >= 15 is 0 Å². The number of carbonyl (C=O) groups is 1. The third-order valence-corrected chi connectivity index (χ3v) is 3.70. The maximum absolute atomic E-state index is 11.8. The first-order chi connectivity index (χ1) is 10.7. The highest BCUT2D eigenvalue weighted by Gasteiger charge is 2.08. The number of hydrogen-bond acceptors (Lipinski definition) is 6. The molecule has 2 N–H and O–H groups in total. The van der Waals surface area contributed by atoms with Crippen LogP contribution < -0.4 is 10.6 Å². The minimum atomic E-state index is -0.0263. The van der Waals surface area contributed by atoms with E-state index in [-0.39, 0.29) is 12.3 Å². The number of hydrogen-bond donors (Lipinski definition) is 2. The first-order valence-electron chi connectivity index (χ1n) is 7.07. The normalized spacial score (nSPS) is 10.5. The van der Waals surface area contributed by atoms with Crippen molar-refractivity contribution < 1.29 is 9.53 Å². The van der Waals surface area contributed by atoms with Crippen LogP contribution in [-0.4, -0.2) is 36.1 Å². The van der Waals surface area contributed by atoms with Gasteiger partial charge < -0.3 is 15.4 Å². The molecule has 0 aliphatic rings. The predicted molar refractivity (Wildman–Crippen MR) is 87.6 cm³/mol. The van der Waals surface area contributed by atoms with Crippen molar-refractivity contribution in [2.75, 3.05) is 25.6 Å². The van der Waals surface area contributed by atoms with Crippen LogP contribution in [0.4, 0.5) is 10.9 Å². The number of aryl methyl sites for hydroxylation is 1. The Kier molecular flexibility index (Phi) is 6.29. The summed E-state index contributed by atoms with van der Waals surface area (Å²) in [4.78, 5) is 20.4. The number of aromatic nitrogens is 2. The molecule has 0 atom stereocenters. The fourth-order valence-corrected chi connectivity index (χ4v) is 2.55. The lowest BCUT2D eigenvalue weighted by atomic mass is 10.3. The quantitative estimate of drug-likeness (QED) is 0.730. The van der Waals surface area contributed by atoms with Crippen molar-refractivity contribution in [1.82, 2.24) is 15.3 Å². The molecule has 22 heavy (non-hydrogen) atoms. The van der Waals surface area contributed by atoms with E-state index in [4.69, 9.17) is 4.74 Å². The van der Waals surface area contributed by atoms with Gasteiger partial charge >= 0.3 is 0 Å². The molecule has 6 nitrogen and oxygen atoms in total. The molecular weight excluding hydrogens is 300 g/mol. The Hall–Kier alpha value is -1.99. The molecule has 0 aliphatic carbocycles. The van der Waals surface area contributed by atoms with E-state index in [2.05, 4.69) is 20.6 Å². The van der Waals surface area contributed by atoms with E-state index in [0.29, 0.717) is 13.2 Å². The molecular formula is C15H20N4O2S. The first kappa shape index (κ1) is 16.4. The van der Waals surface area contributed by atoms with Crippen LogP contribution in [-0.2, 0) is 16.0 Å². The molecule has 2 heterocycles. The molecule has 2 aromatic heterocycles. The van der Waals surface area contributed by atoms with Gasteiger partial charge in [0.25, 0.3) is 0 Å². The van der Waals surface area contributed by atoms with Crippen LogP contribution in [0.5, 0.6) is 0 Å². The molecule has 0 saturated carbocycles. The number of anilines is 2. The Labute approximate surface area is 133 Å². The zero-order valence-corrected chi connectivity index (χ0v) is 13.6. The number of thiazole rings is 1. The van der Waals surface area contributed by atoms with Crippen molar-refractivity contribution in [3.8, 4) is 0 Å². The van der Waals surface area contributed by atoms with Crippen molar-refractivity contribution in [1.29, 1.82) is 0 Å². The van der Waals surface area contributed by atoms with E-state index in [1.54, 1.807) is 13.3 Å². The minimum absolute atomic E-state index is 0.0263. The van der Waals surface area contributed by atoms with Crippen molar-refractivity contribution in [2.24, 2.45) is 0 Å².